The van der Waals surface area contributed by atoms with Gasteiger partial charge in [-0.1, -0.05) is 11.6 Å². The third-order valence-electron chi connectivity index (χ3n) is 2.63. The van der Waals surface area contributed by atoms with Crippen LogP contribution in [0.5, 0.6) is 0 Å². The first kappa shape index (κ1) is 11.0. The normalized spacial score (nSPS) is 15.6. The molecule has 2 N–H and O–H groups in total. The van der Waals surface area contributed by atoms with E-state index >= 15 is 0 Å². The van der Waals surface area contributed by atoms with Crippen molar-refractivity contribution in [3.8, 4) is 0 Å². The van der Waals surface area contributed by atoms with Gasteiger partial charge in [-0.2, -0.15) is 0 Å². The molecule has 0 radical (unpaired) electrons. The number of furan rings is 1. The fourth-order valence-corrected chi connectivity index (χ4v) is 1.73. The van der Waals surface area contributed by atoms with Gasteiger partial charge in [0, 0.05) is 13.1 Å². The van der Waals surface area contributed by atoms with Gasteiger partial charge in [-0.15, -0.1) is 0 Å². The van der Waals surface area contributed by atoms with Crippen molar-refractivity contribution in [2.45, 2.75) is 12.8 Å². The van der Waals surface area contributed by atoms with E-state index in [0.717, 1.165) is 25.9 Å². The molecule has 0 atom stereocenters. The fraction of sp³-hybridized carbons (Fsp3) is 0.417. The summed E-state index contributed by atoms with van der Waals surface area (Å²) in [5.74, 6) is 0.235. The molecule has 1 aromatic rings. The van der Waals surface area contributed by atoms with Gasteiger partial charge < -0.3 is 15.1 Å². The van der Waals surface area contributed by atoms with Gasteiger partial charge in [0.05, 0.1) is 6.26 Å². The predicted molar refractivity (Wildman–Crippen MR) is 61.2 cm³/mol. The molecule has 86 valence electrons. The molecule has 0 aromatic carbocycles. The summed E-state index contributed by atoms with van der Waals surface area (Å²) in [6.45, 7) is 2.66. The van der Waals surface area contributed by atoms with Crippen LogP contribution in [0.25, 0.3) is 0 Å². The van der Waals surface area contributed by atoms with E-state index in [2.05, 4.69) is 16.7 Å². The molecule has 1 aliphatic heterocycles. The van der Waals surface area contributed by atoms with Crippen LogP contribution in [0.4, 0.5) is 0 Å². The third-order valence-corrected chi connectivity index (χ3v) is 2.63. The lowest BCUT2D eigenvalue weighted by Gasteiger charge is -2.13. The number of carbonyl (C=O) groups is 1. The molecule has 2 rings (SSSR count). The summed E-state index contributed by atoms with van der Waals surface area (Å²) >= 11 is 0. The summed E-state index contributed by atoms with van der Waals surface area (Å²) in [5, 5.41) is 6.10. The Hall–Kier alpha value is -1.55. The Kier molecular flexibility index (Phi) is 3.77. The second kappa shape index (κ2) is 5.51. The topological polar surface area (TPSA) is 54.3 Å². The Bertz CT molecular complexity index is 368. The van der Waals surface area contributed by atoms with Crippen LogP contribution in [-0.4, -0.2) is 25.5 Å². The highest BCUT2D eigenvalue weighted by molar-refractivity contribution is 5.91. The molecule has 0 spiro atoms. The summed E-state index contributed by atoms with van der Waals surface area (Å²) < 4.78 is 5.00. The molecule has 16 heavy (non-hydrogen) atoms. The van der Waals surface area contributed by atoms with E-state index in [0.29, 0.717) is 12.3 Å². The van der Waals surface area contributed by atoms with Crippen molar-refractivity contribution in [3.63, 3.8) is 0 Å². The minimum Gasteiger partial charge on any atom is -0.459 e. The van der Waals surface area contributed by atoms with E-state index in [1.807, 2.05) is 0 Å². The van der Waals surface area contributed by atoms with Gasteiger partial charge in [0.1, 0.15) is 0 Å². The highest BCUT2D eigenvalue weighted by Gasteiger charge is 2.08. The summed E-state index contributed by atoms with van der Waals surface area (Å²) in [6, 6.07) is 3.38. The molecule has 0 fully saturated rings. The largest absolute Gasteiger partial charge is 0.459 e. The molecule has 0 unspecified atom stereocenters. The van der Waals surface area contributed by atoms with Crippen LogP contribution in [0.15, 0.2) is 34.5 Å². The quantitative estimate of drug-likeness (QED) is 0.752. The van der Waals surface area contributed by atoms with Gasteiger partial charge in [0.25, 0.3) is 5.91 Å². The van der Waals surface area contributed by atoms with Crippen molar-refractivity contribution in [2.75, 3.05) is 19.6 Å². The molecular formula is C12H16N2O2. The average Bonchev–Trinajstić information content (AvgIpc) is 2.84. The smallest absolute Gasteiger partial charge is 0.286 e. The van der Waals surface area contributed by atoms with Crippen molar-refractivity contribution >= 4 is 5.91 Å². The maximum atomic E-state index is 11.5. The molecule has 0 saturated carbocycles. The number of nitrogens with one attached hydrogen (secondary N) is 2. The van der Waals surface area contributed by atoms with Crippen molar-refractivity contribution in [3.05, 3.63) is 35.8 Å². The Balaban J connectivity index is 1.72. The number of hydrogen-bond donors (Lipinski definition) is 2. The van der Waals surface area contributed by atoms with Crippen LogP contribution in [0, 0.1) is 0 Å². The van der Waals surface area contributed by atoms with E-state index in [4.69, 9.17) is 4.42 Å². The van der Waals surface area contributed by atoms with Gasteiger partial charge in [0.15, 0.2) is 5.76 Å². The average molecular weight is 220 g/mol. The first-order chi connectivity index (χ1) is 7.86. The molecule has 1 aliphatic rings. The molecule has 1 aromatic heterocycles. The van der Waals surface area contributed by atoms with Gasteiger partial charge in [0.2, 0.25) is 0 Å². The van der Waals surface area contributed by atoms with E-state index < -0.39 is 0 Å². The van der Waals surface area contributed by atoms with E-state index in [1.54, 1.807) is 12.1 Å². The molecular weight excluding hydrogens is 204 g/mol. The lowest BCUT2D eigenvalue weighted by molar-refractivity contribution is 0.0926. The molecule has 4 heteroatoms. The van der Waals surface area contributed by atoms with Crippen molar-refractivity contribution < 1.29 is 9.21 Å². The minimum atomic E-state index is -0.139. The van der Waals surface area contributed by atoms with Crippen LogP contribution in [0.3, 0.4) is 0 Å². The van der Waals surface area contributed by atoms with Crippen molar-refractivity contribution in [2.24, 2.45) is 0 Å². The molecule has 0 aliphatic carbocycles. The monoisotopic (exact) mass is 220 g/mol. The number of amides is 1. The zero-order valence-electron chi connectivity index (χ0n) is 9.16. The highest BCUT2D eigenvalue weighted by Crippen LogP contribution is 2.08. The van der Waals surface area contributed by atoms with Crippen LogP contribution < -0.4 is 10.6 Å². The molecule has 2 heterocycles. The SMILES string of the molecule is O=C(NCCC1=CCNCC1)c1ccco1. The first-order valence-corrected chi connectivity index (χ1v) is 5.56. The minimum absolute atomic E-state index is 0.139. The van der Waals surface area contributed by atoms with E-state index in [1.165, 1.54) is 11.8 Å². The van der Waals surface area contributed by atoms with Gasteiger partial charge >= 0.3 is 0 Å². The molecule has 0 saturated heterocycles. The standard InChI is InChI=1S/C12H16N2O2/c15-12(11-2-1-9-16-11)14-8-5-10-3-6-13-7-4-10/h1-3,9,13H,4-8H2,(H,14,15). The summed E-state index contributed by atoms with van der Waals surface area (Å²) in [4.78, 5) is 11.5. The lowest BCUT2D eigenvalue weighted by Crippen LogP contribution is -2.26. The van der Waals surface area contributed by atoms with Crippen molar-refractivity contribution in [1.82, 2.24) is 10.6 Å². The molecule has 1 amide bonds. The third kappa shape index (κ3) is 2.97. The van der Waals surface area contributed by atoms with Gasteiger partial charge in [-0.05, 0) is 31.5 Å². The molecule has 4 nitrogen and oxygen atoms in total. The first-order valence-electron chi connectivity index (χ1n) is 5.56. The van der Waals surface area contributed by atoms with E-state index in [-0.39, 0.29) is 5.91 Å². The number of hydrogen-bond acceptors (Lipinski definition) is 3. The summed E-state index contributed by atoms with van der Waals surface area (Å²) in [5.41, 5.74) is 1.42. The van der Waals surface area contributed by atoms with Crippen LogP contribution in [0.2, 0.25) is 0 Å². The summed E-state index contributed by atoms with van der Waals surface area (Å²) in [7, 11) is 0. The highest BCUT2D eigenvalue weighted by atomic mass is 16.3. The maximum Gasteiger partial charge on any atom is 0.286 e. The Morgan fingerprint density at radius 2 is 2.50 bits per heavy atom. The maximum absolute atomic E-state index is 11.5. The van der Waals surface area contributed by atoms with Crippen molar-refractivity contribution in [1.29, 1.82) is 0 Å². The zero-order valence-corrected chi connectivity index (χ0v) is 9.16. The van der Waals surface area contributed by atoms with Crippen LogP contribution in [-0.2, 0) is 0 Å². The van der Waals surface area contributed by atoms with Gasteiger partial charge in [-0.3, -0.25) is 4.79 Å². The zero-order chi connectivity index (χ0) is 11.2. The Morgan fingerprint density at radius 1 is 1.56 bits per heavy atom. The number of rotatable bonds is 4. The Morgan fingerprint density at radius 3 is 3.19 bits per heavy atom. The predicted octanol–water partition coefficient (Wildman–Crippen LogP) is 1.32. The molecule has 0 bridgehead atoms. The van der Waals surface area contributed by atoms with Crippen LogP contribution >= 0.6 is 0 Å². The van der Waals surface area contributed by atoms with E-state index in [9.17, 15) is 4.79 Å². The second-order valence-corrected chi connectivity index (χ2v) is 3.80. The van der Waals surface area contributed by atoms with Gasteiger partial charge in [-0.25, -0.2) is 0 Å². The Labute approximate surface area is 94.7 Å². The number of carbonyl (C=O) groups excluding carboxylic acids is 1. The summed E-state index contributed by atoms with van der Waals surface area (Å²) in [6.07, 6.45) is 5.71. The second-order valence-electron chi connectivity index (χ2n) is 3.80. The van der Waals surface area contributed by atoms with Crippen LogP contribution in [0.1, 0.15) is 23.4 Å². The fourth-order valence-electron chi connectivity index (χ4n) is 1.73. The lowest BCUT2D eigenvalue weighted by atomic mass is 10.1.